The van der Waals surface area contributed by atoms with Crippen molar-refractivity contribution in [3.05, 3.63) is 65.8 Å². The van der Waals surface area contributed by atoms with Gasteiger partial charge in [0, 0.05) is 24.6 Å². The summed E-state index contributed by atoms with van der Waals surface area (Å²) in [4.78, 5) is 7.27. The van der Waals surface area contributed by atoms with E-state index in [1.54, 1.807) is 12.1 Å². The van der Waals surface area contributed by atoms with Gasteiger partial charge in [-0.25, -0.2) is 9.37 Å². The lowest BCUT2D eigenvalue weighted by Gasteiger charge is -2.20. The van der Waals surface area contributed by atoms with Crippen LogP contribution in [0.2, 0.25) is 0 Å². The summed E-state index contributed by atoms with van der Waals surface area (Å²) in [6.45, 7) is 6.52. The summed E-state index contributed by atoms with van der Waals surface area (Å²) in [5.41, 5.74) is 4.05. The molecule has 1 unspecified atom stereocenters. The Bertz CT molecular complexity index is 899. The zero-order valence-corrected chi connectivity index (χ0v) is 15.9. The van der Waals surface area contributed by atoms with E-state index in [1.165, 1.54) is 31.5 Å². The van der Waals surface area contributed by atoms with Crippen LogP contribution in [-0.2, 0) is 6.42 Å². The van der Waals surface area contributed by atoms with E-state index in [0.29, 0.717) is 11.9 Å². The molecule has 3 nitrogen and oxygen atoms in total. The Balaban J connectivity index is 1.47. The first-order chi connectivity index (χ1) is 13.1. The zero-order valence-electron chi connectivity index (χ0n) is 15.9. The van der Waals surface area contributed by atoms with Gasteiger partial charge in [0.05, 0.1) is 5.69 Å². The van der Waals surface area contributed by atoms with Crippen LogP contribution in [0.3, 0.4) is 0 Å². The molecule has 0 bridgehead atoms. The molecule has 4 heteroatoms. The Morgan fingerprint density at radius 1 is 1.04 bits per heavy atom. The van der Waals surface area contributed by atoms with Gasteiger partial charge in [0.2, 0.25) is 5.89 Å². The van der Waals surface area contributed by atoms with E-state index >= 15 is 0 Å². The van der Waals surface area contributed by atoms with E-state index in [9.17, 15) is 4.39 Å². The van der Waals surface area contributed by atoms with Crippen LogP contribution in [0.4, 0.5) is 4.39 Å². The lowest BCUT2D eigenvalue weighted by atomic mass is 10.0. The second kappa shape index (κ2) is 7.65. The number of likely N-dealkylation sites (tertiary alicyclic amines) is 1. The van der Waals surface area contributed by atoms with Crippen LogP contribution >= 0.6 is 0 Å². The molecule has 2 heterocycles. The number of nitrogens with zero attached hydrogens (tertiary/aromatic N) is 2. The minimum atomic E-state index is -0.221. The fourth-order valence-electron chi connectivity index (χ4n) is 3.81. The highest BCUT2D eigenvalue weighted by atomic mass is 19.1. The van der Waals surface area contributed by atoms with Crippen LogP contribution in [0, 0.1) is 12.7 Å². The monoisotopic (exact) mass is 364 g/mol. The van der Waals surface area contributed by atoms with E-state index in [0.717, 1.165) is 41.1 Å². The third-order valence-electron chi connectivity index (χ3n) is 5.53. The molecule has 4 rings (SSSR count). The first kappa shape index (κ1) is 17.9. The number of hydrogen-bond donors (Lipinski definition) is 0. The Morgan fingerprint density at radius 3 is 2.30 bits per heavy atom. The molecule has 0 radical (unpaired) electrons. The lowest BCUT2D eigenvalue weighted by molar-refractivity contribution is 0.271. The van der Waals surface area contributed by atoms with Gasteiger partial charge in [-0.05, 0) is 68.6 Å². The van der Waals surface area contributed by atoms with Gasteiger partial charge in [0.25, 0.3) is 0 Å². The van der Waals surface area contributed by atoms with Crippen molar-refractivity contribution in [1.29, 1.82) is 0 Å². The maximum atomic E-state index is 13.1. The van der Waals surface area contributed by atoms with E-state index in [1.807, 2.05) is 31.2 Å². The van der Waals surface area contributed by atoms with Crippen LogP contribution in [0.15, 0.2) is 52.9 Å². The summed E-state index contributed by atoms with van der Waals surface area (Å²) in [5, 5.41) is 0. The standard InChI is InChI=1S/C23H25FN2O/c1-16-4-3-14-26(16)15-13-22-17(2)27-23(25-22)20-7-5-18(6-8-20)19-9-11-21(24)12-10-19/h5-12,16H,3-4,13-15H2,1-2H3. The third kappa shape index (κ3) is 3.96. The second-order valence-corrected chi connectivity index (χ2v) is 7.38. The topological polar surface area (TPSA) is 29.3 Å². The van der Waals surface area contributed by atoms with E-state index in [4.69, 9.17) is 9.40 Å². The molecule has 1 aromatic heterocycles. The average molecular weight is 364 g/mol. The number of halogens is 1. The predicted octanol–water partition coefficient (Wildman–Crippen LogP) is 5.48. The van der Waals surface area contributed by atoms with Gasteiger partial charge >= 0.3 is 0 Å². The van der Waals surface area contributed by atoms with Crippen molar-refractivity contribution < 1.29 is 8.81 Å². The lowest BCUT2D eigenvalue weighted by Crippen LogP contribution is -2.29. The molecule has 0 saturated carbocycles. The largest absolute Gasteiger partial charge is 0.441 e. The Morgan fingerprint density at radius 2 is 1.67 bits per heavy atom. The number of rotatable bonds is 5. The normalized spacial score (nSPS) is 17.5. The van der Waals surface area contributed by atoms with Crippen molar-refractivity contribution in [1.82, 2.24) is 9.88 Å². The highest BCUT2D eigenvalue weighted by molar-refractivity contribution is 5.67. The van der Waals surface area contributed by atoms with Crippen LogP contribution in [0.25, 0.3) is 22.6 Å². The number of oxazole rings is 1. The van der Waals surface area contributed by atoms with Crippen LogP contribution in [-0.4, -0.2) is 29.0 Å². The molecule has 1 aliphatic rings. The average Bonchev–Trinajstić information content (AvgIpc) is 3.26. The molecule has 0 aliphatic carbocycles. The molecule has 3 aromatic rings. The van der Waals surface area contributed by atoms with E-state index in [-0.39, 0.29) is 5.82 Å². The number of hydrogen-bond acceptors (Lipinski definition) is 3. The van der Waals surface area contributed by atoms with Gasteiger partial charge < -0.3 is 9.32 Å². The van der Waals surface area contributed by atoms with Gasteiger partial charge in [0.1, 0.15) is 11.6 Å². The SMILES string of the molecule is Cc1oc(-c2ccc(-c3ccc(F)cc3)cc2)nc1CCN1CCCC1C. The van der Waals surface area contributed by atoms with E-state index < -0.39 is 0 Å². The Hall–Kier alpha value is -2.46. The zero-order chi connectivity index (χ0) is 18.8. The summed E-state index contributed by atoms with van der Waals surface area (Å²) < 4.78 is 19.0. The summed E-state index contributed by atoms with van der Waals surface area (Å²) in [6, 6.07) is 15.3. The molecule has 1 aliphatic heterocycles. The smallest absolute Gasteiger partial charge is 0.226 e. The van der Waals surface area contributed by atoms with Gasteiger partial charge in [-0.15, -0.1) is 0 Å². The van der Waals surface area contributed by atoms with E-state index in [2.05, 4.69) is 11.8 Å². The Kier molecular flexibility index (Phi) is 5.08. The highest BCUT2D eigenvalue weighted by Gasteiger charge is 2.21. The van der Waals surface area contributed by atoms with Gasteiger partial charge in [-0.3, -0.25) is 0 Å². The molecule has 2 aromatic carbocycles. The van der Waals surface area contributed by atoms with Crippen molar-refractivity contribution in [2.75, 3.05) is 13.1 Å². The molecule has 0 spiro atoms. The van der Waals surface area contributed by atoms with Crippen molar-refractivity contribution in [2.24, 2.45) is 0 Å². The minimum absolute atomic E-state index is 0.221. The highest BCUT2D eigenvalue weighted by Crippen LogP contribution is 2.26. The van der Waals surface area contributed by atoms with Gasteiger partial charge in [-0.2, -0.15) is 0 Å². The van der Waals surface area contributed by atoms with Crippen LogP contribution in [0.5, 0.6) is 0 Å². The molecule has 0 amide bonds. The summed E-state index contributed by atoms with van der Waals surface area (Å²) in [5.74, 6) is 1.35. The minimum Gasteiger partial charge on any atom is -0.441 e. The molecule has 140 valence electrons. The quantitative estimate of drug-likeness (QED) is 0.600. The molecule has 1 saturated heterocycles. The first-order valence-corrected chi connectivity index (χ1v) is 9.67. The Labute approximate surface area is 159 Å². The number of benzene rings is 2. The fourth-order valence-corrected chi connectivity index (χ4v) is 3.81. The summed E-state index contributed by atoms with van der Waals surface area (Å²) in [7, 11) is 0. The third-order valence-corrected chi connectivity index (χ3v) is 5.53. The molecule has 27 heavy (non-hydrogen) atoms. The van der Waals surface area contributed by atoms with Crippen LogP contribution in [0.1, 0.15) is 31.2 Å². The van der Waals surface area contributed by atoms with Gasteiger partial charge in [0.15, 0.2) is 0 Å². The maximum absolute atomic E-state index is 13.1. The molecule has 1 atom stereocenters. The fraction of sp³-hybridized carbons (Fsp3) is 0.348. The summed E-state index contributed by atoms with van der Waals surface area (Å²) >= 11 is 0. The van der Waals surface area contributed by atoms with Crippen molar-refractivity contribution in [3.8, 4) is 22.6 Å². The van der Waals surface area contributed by atoms with Crippen molar-refractivity contribution in [2.45, 2.75) is 39.2 Å². The first-order valence-electron chi connectivity index (χ1n) is 9.67. The molecular formula is C23H25FN2O. The molecule has 0 N–H and O–H groups in total. The van der Waals surface area contributed by atoms with Gasteiger partial charge in [-0.1, -0.05) is 24.3 Å². The number of aryl methyl sites for hydroxylation is 1. The molecule has 1 fully saturated rings. The number of aromatic nitrogens is 1. The van der Waals surface area contributed by atoms with Crippen LogP contribution < -0.4 is 0 Å². The second-order valence-electron chi connectivity index (χ2n) is 7.38. The maximum Gasteiger partial charge on any atom is 0.226 e. The van der Waals surface area contributed by atoms with Crippen molar-refractivity contribution >= 4 is 0 Å². The predicted molar refractivity (Wildman–Crippen MR) is 106 cm³/mol. The summed E-state index contributed by atoms with van der Waals surface area (Å²) in [6.07, 6.45) is 3.52. The van der Waals surface area contributed by atoms with Crippen molar-refractivity contribution in [3.63, 3.8) is 0 Å². The molecular weight excluding hydrogens is 339 g/mol.